The molecule has 0 aliphatic rings. The lowest BCUT2D eigenvalue weighted by Crippen LogP contribution is -2.74. The van der Waals surface area contributed by atoms with Crippen molar-refractivity contribution >= 4 is 104 Å². The molecule has 5 heterocycles. The van der Waals surface area contributed by atoms with E-state index >= 15 is 0 Å². The maximum Gasteiger partial charge on any atom is 0.235 e. The highest BCUT2D eigenvalue weighted by molar-refractivity contribution is 7.26. The Labute approximate surface area is 548 Å². The normalized spacial score (nSPS) is 11.8. The maximum atomic E-state index is 5.46. The molecule has 0 unspecified atom stereocenters. The van der Waals surface area contributed by atoms with Crippen LogP contribution in [0.2, 0.25) is 0 Å². The Morgan fingerprint density at radius 2 is 0.755 bits per heavy atom. The zero-order valence-electron chi connectivity index (χ0n) is 50.9. The molecule has 0 radical (unpaired) electrons. The van der Waals surface area contributed by atoms with Crippen molar-refractivity contribution in [2.45, 2.75) is 0 Å². The summed E-state index contributed by atoms with van der Waals surface area (Å²) in [5.74, 6) is 1.27. The van der Waals surface area contributed by atoms with Crippen LogP contribution in [0.5, 0.6) is 0 Å². The molecule has 94 heavy (non-hydrogen) atoms. The van der Waals surface area contributed by atoms with Gasteiger partial charge in [0.15, 0.2) is 8.07 Å². The summed E-state index contributed by atoms with van der Waals surface area (Å²) in [6.07, 6.45) is 1.91. The molecule has 5 aromatic heterocycles. The van der Waals surface area contributed by atoms with Crippen LogP contribution in [0.1, 0.15) is 0 Å². The van der Waals surface area contributed by atoms with Gasteiger partial charge in [-0.05, 0) is 103 Å². The summed E-state index contributed by atoms with van der Waals surface area (Å²) < 4.78 is 6.98. The maximum absolute atomic E-state index is 5.46. The summed E-state index contributed by atoms with van der Waals surface area (Å²) in [6.45, 7) is 0. The fourth-order valence-electron chi connectivity index (χ4n) is 14.5. The molecule has 0 atom stereocenters. The number of hydrogen-bond acceptors (Lipinski definition) is 5. The molecule has 0 aliphatic heterocycles. The van der Waals surface area contributed by atoms with Gasteiger partial charge in [-0.15, -0.1) is 11.3 Å². The number of nitrogens with zero attached hydrogens (tertiary/aromatic N) is 6. The van der Waals surface area contributed by atoms with E-state index in [-0.39, 0.29) is 0 Å². The van der Waals surface area contributed by atoms with Crippen molar-refractivity contribution in [1.29, 1.82) is 0 Å². The van der Waals surface area contributed by atoms with Gasteiger partial charge < -0.3 is 0 Å². The quantitative estimate of drug-likeness (QED) is 0.0903. The van der Waals surface area contributed by atoms with Crippen molar-refractivity contribution in [2.75, 3.05) is 0 Å². The number of para-hydroxylation sites is 2. The molecule has 13 aromatic carbocycles. The predicted molar refractivity (Wildman–Crippen MR) is 395 cm³/mol. The molecule has 0 aliphatic carbocycles. The van der Waals surface area contributed by atoms with E-state index in [4.69, 9.17) is 19.9 Å². The van der Waals surface area contributed by atoms with Crippen LogP contribution < -0.4 is 20.7 Å². The lowest BCUT2D eigenvalue weighted by molar-refractivity contribution is 0.992. The highest BCUT2D eigenvalue weighted by atomic mass is 32.1. The van der Waals surface area contributed by atoms with Gasteiger partial charge >= 0.3 is 0 Å². The van der Waals surface area contributed by atoms with Gasteiger partial charge in [0.25, 0.3) is 0 Å². The fourth-order valence-corrected chi connectivity index (χ4v) is 20.6. The van der Waals surface area contributed by atoms with Crippen LogP contribution in [0.15, 0.2) is 340 Å². The molecule has 6 nitrogen and oxygen atoms in total. The Bertz CT molecular complexity index is 5810. The van der Waals surface area contributed by atoms with Crippen molar-refractivity contribution in [1.82, 2.24) is 29.1 Å². The van der Waals surface area contributed by atoms with Crippen LogP contribution in [-0.2, 0) is 0 Å². The first-order chi connectivity index (χ1) is 46.6. The van der Waals surface area contributed by atoms with Crippen molar-refractivity contribution in [3.05, 3.63) is 340 Å². The molecule has 0 amide bonds. The Kier molecular flexibility index (Phi) is 13.3. The summed E-state index contributed by atoms with van der Waals surface area (Å²) >= 11 is 1.87. The average Bonchev–Trinajstić information content (AvgIpc) is 1.03. The number of aromatic nitrogens is 6. The van der Waals surface area contributed by atoms with E-state index < -0.39 is 8.07 Å². The summed E-state index contributed by atoms with van der Waals surface area (Å²) in [5, 5.41) is 12.3. The highest BCUT2D eigenvalue weighted by Gasteiger charge is 2.42. The molecule has 8 heteroatoms. The van der Waals surface area contributed by atoms with Crippen LogP contribution >= 0.6 is 11.3 Å². The first kappa shape index (κ1) is 54.9. The largest absolute Gasteiger partial charge is 0.278 e. The first-order valence-corrected chi connectivity index (χ1v) is 34.7. The topological polar surface area (TPSA) is 61.4 Å². The Hall–Kier alpha value is -11.9. The van der Waals surface area contributed by atoms with Gasteiger partial charge in [-0.25, -0.2) is 19.9 Å². The summed E-state index contributed by atoms with van der Waals surface area (Å²) in [4.78, 5) is 21.1. The van der Waals surface area contributed by atoms with Gasteiger partial charge in [0, 0.05) is 64.6 Å². The van der Waals surface area contributed by atoms with Crippen molar-refractivity contribution in [2.24, 2.45) is 0 Å². The van der Waals surface area contributed by atoms with Crippen molar-refractivity contribution < 1.29 is 0 Å². The zero-order chi connectivity index (χ0) is 62.1. The SMILES string of the molecule is c1ccc(-c2ccc3c4ccccc4n(-c4nccc(-c5cccc([Si](c6ccccc6)(c6ccccc6)c6ccc(-c7cccc8sc9c(-c%10ccc%11c(c%10)c%10ccccc%10n%11-c%10nc(-c%11ccccc%11)cc(-c%11ccccc%11)n%10)cccc9c78)cc6)c5)n4)c3c2)cc1. The Morgan fingerprint density at radius 1 is 0.266 bits per heavy atom. The van der Waals surface area contributed by atoms with Gasteiger partial charge in [0.05, 0.1) is 39.1 Å². The van der Waals surface area contributed by atoms with E-state index in [1.54, 1.807) is 0 Å². The highest BCUT2D eigenvalue weighted by Crippen LogP contribution is 2.45. The van der Waals surface area contributed by atoms with E-state index in [0.29, 0.717) is 11.9 Å². The smallest absolute Gasteiger partial charge is 0.235 e. The average molecular weight is 1230 g/mol. The third-order valence-electron chi connectivity index (χ3n) is 18.8. The molecule has 0 saturated heterocycles. The van der Waals surface area contributed by atoms with Crippen molar-refractivity contribution in [3.8, 4) is 79.0 Å². The lowest BCUT2D eigenvalue weighted by Gasteiger charge is -2.34. The molecule has 18 aromatic rings. The Balaban J connectivity index is 0.738. The third kappa shape index (κ3) is 9.13. The summed E-state index contributed by atoms with van der Waals surface area (Å²) in [5.41, 5.74) is 17.0. The van der Waals surface area contributed by atoms with Crippen molar-refractivity contribution in [3.63, 3.8) is 0 Å². The molecule has 440 valence electrons. The van der Waals surface area contributed by atoms with Crippen LogP contribution in [0.25, 0.3) is 143 Å². The standard InChI is InChI=1S/C86H56N6SSi/c1-6-23-57(24-7-1)61-45-49-72-70-35-16-18-40-78(70)92(81(72)55-61)85-87-52-51-75(88-85)63-29-20-34-67(53-63)94(64-30-12-4-13-31-64,65-32-14-5-15-33-65)66-47-43-58(44-48-66)68-37-22-42-82-83(68)73-39-21-38-69(84(73)93-82)62-46-50-80-74(54-62)71-36-17-19-41-79(71)91(80)86-89-76(59-25-8-2-9-26-59)56-77(90-86)60-27-10-3-11-28-60/h1-56H. The molecule has 0 N–H and O–H groups in total. The molecule has 0 fully saturated rings. The number of thiophene rings is 1. The van der Waals surface area contributed by atoms with E-state index in [1.807, 2.05) is 29.7 Å². The lowest BCUT2D eigenvalue weighted by atomic mass is 9.97. The van der Waals surface area contributed by atoms with E-state index in [1.165, 1.54) is 63.2 Å². The van der Waals surface area contributed by atoms with E-state index in [0.717, 1.165) is 88.5 Å². The minimum absolute atomic E-state index is 0.631. The molecule has 18 rings (SSSR count). The van der Waals surface area contributed by atoms with Crippen LogP contribution in [0.3, 0.4) is 0 Å². The Morgan fingerprint density at radius 3 is 1.44 bits per heavy atom. The second-order valence-corrected chi connectivity index (χ2v) is 28.9. The van der Waals surface area contributed by atoms with Crippen LogP contribution in [-0.4, -0.2) is 37.1 Å². The number of hydrogen-bond donors (Lipinski definition) is 0. The predicted octanol–water partition coefficient (Wildman–Crippen LogP) is 19.2. The molecule has 0 spiro atoms. The zero-order valence-corrected chi connectivity index (χ0v) is 52.7. The van der Waals surface area contributed by atoms with E-state index in [9.17, 15) is 0 Å². The van der Waals surface area contributed by atoms with Gasteiger partial charge in [-0.2, -0.15) is 0 Å². The third-order valence-corrected chi connectivity index (χ3v) is 24.8. The summed E-state index contributed by atoms with van der Waals surface area (Å²) in [7, 11) is -3.04. The molecular weight excluding hydrogens is 1180 g/mol. The van der Waals surface area contributed by atoms with Gasteiger partial charge in [-0.1, -0.05) is 285 Å². The second-order valence-electron chi connectivity index (χ2n) is 24.1. The monoisotopic (exact) mass is 1230 g/mol. The number of benzene rings is 13. The molecular formula is C86H56N6SSi. The van der Waals surface area contributed by atoms with E-state index in [2.05, 4.69) is 331 Å². The molecule has 0 saturated carbocycles. The van der Waals surface area contributed by atoms with Gasteiger partial charge in [-0.3, -0.25) is 9.13 Å². The minimum Gasteiger partial charge on any atom is -0.278 e. The van der Waals surface area contributed by atoms with Gasteiger partial charge in [0.2, 0.25) is 11.9 Å². The second kappa shape index (κ2) is 22.8. The fraction of sp³-hybridized carbons (Fsp3) is 0. The first-order valence-electron chi connectivity index (χ1n) is 31.8. The number of rotatable bonds is 12. The van der Waals surface area contributed by atoms with Gasteiger partial charge in [0.1, 0.15) is 0 Å². The summed E-state index contributed by atoms with van der Waals surface area (Å²) in [6, 6.07) is 121. The molecule has 0 bridgehead atoms. The van der Waals surface area contributed by atoms with Crippen LogP contribution in [0, 0.1) is 0 Å². The minimum atomic E-state index is -3.04. The number of fused-ring (bicyclic) bond motifs is 9. The van der Waals surface area contributed by atoms with Crippen LogP contribution in [0.4, 0.5) is 0 Å².